The molecule has 1 fully saturated rings. The van der Waals surface area contributed by atoms with E-state index in [0.29, 0.717) is 17.9 Å². The van der Waals surface area contributed by atoms with E-state index >= 15 is 0 Å². The van der Waals surface area contributed by atoms with E-state index in [1.165, 1.54) is 0 Å². The second kappa shape index (κ2) is 7.73. The summed E-state index contributed by atoms with van der Waals surface area (Å²) in [7, 11) is -1.59. The summed E-state index contributed by atoms with van der Waals surface area (Å²) in [4.78, 5) is 23.4. The van der Waals surface area contributed by atoms with Crippen LogP contribution in [0.5, 0.6) is 11.5 Å². The molecular weight excluding hydrogens is 350 g/mol. The van der Waals surface area contributed by atoms with Crippen LogP contribution in [0.4, 0.5) is 0 Å². The molecule has 2 rings (SSSR count). The molecule has 1 amide bonds. The van der Waals surface area contributed by atoms with Crippen molar-refractivity contribution in [3.63, 3.8) is 0 Å². The van der Waals surface area contributed by atoms with Crippen LogP contribution in [-0.4, -0.2) is 57.7 Å². The van der Waals surface area contributed by atoms with Gasteiger partial charge >= 0.3 is 5.97 Å². The number of esters is 1. The third-order valence-corrected chi connectivity index (χ3v) is 5.63. The fourth-order valence-corrected chi connectivity index (χ4v) is 4.58. The fraction of sp³-hybridized carbons (Fsp3) is 0.500. The van der Waals surface area contributed by atoms with Gasteiger partial charge in [-0.3, -0.25) is 4.79 Å². The highest BCUT2D eigenvalue weighted by Crippen LogP contribution is 2.22. The molecule has 25 heavy (non-hydrogen) atoms. The first-order valence-electron chi connectivity index (χ1n) is 7.65. The van der Waals surface area contributed by atoms with E-state index < -0.39 is 33.9 Å². The van der Waals surface area contributed by atoms with E-state index in [4.69, 9.17) is 14.2 Å². The maximum Gasteiger partial charge on any atom is 0.344 e. The summed E-state index contributed by atoms with van der Waals surface area (Å²) >= 11 is 0. The molecule has 1 atom stereocenters. The number of carbonyl (C=O) groups is 2. The van der Waals surface area contributed by atoms with Crippen molar-refractivity contribution in [1.29, 1.82) is 0 Å². The summed E-state index contributed by atoms with van der Waals surface area (Å²) in [6.45, 7) is 0.829. The first-order chi connectivity index (χ1) is 11.7. The topological polar surface area (TPSA) is 108 Å². The van der Waals surface area contributed by atoms with Crippen LogP contribution in [0.1, 0.15) is 13.3 Å². The van der Waals surface area contributed by atoms with Gasteiger partial charge in [0, 0.05) is 0 Å². The standard InChI is InChI=1S/C16H21NO7S/c1-16(7-8-25(20,21)11-16)17-14(18)9-24-15(19)10-23-13-5-3-12(22-2)4-6-13/h3-6H,7-11H2,1-2H3,(H,17,18)/t16-/m0/s1. The second-order valence-electron chi connectivity index (χ2n) is 6.08. The maximum absolute atomic E-state index is 11.8. The largest absolute Gasteiger partial charge is 0.497 e. The molecule has 1 aromatic carbocycles. The highest BCUT2D eigenvalue weighted by atomic mass is 32.2. The first-order valence-corrected chi connectivity index (χ1v) is 9.47. The summed E-state index contributed by atoms with van der Waals surface area (Å²) in [6.07, 6.45) is 0.343. The van der Waals surface area contributed by atoms with E-state index in [1.54, 1.807) is 38.3 Å². The van der Waals surface area contributed by atoms with Crippen LogP contribution in [0.25, 0.3) is 0 Å². The Balaban J connectivity index is 1.71. The molecule has 0 radical (unpaired) electrons. The molecular formula is C16H21NO7S. The molecule has 1 saturated heterocycles. The Bertz CT molecular complexity index is 729. The summed E-state index contributed by atoms with van der Waals surface area (Å²) in [5.41, 5.74) is -0.818. The van der Waals surface area contributed by atoms with Crippen molar-refractivity contribution in [2.45, 2.75) is 18.9 Å². The van der Waals surface area contributed by atoms with Crippen molar-refractivity contribution in [3.8, 4) is 11.5 Å². The predicted octanol–water partition coefficient (Wildman–Crippen LogP) is 0.311. The average Bonchev–Trinajstić information content (AvgIpc) is 2.84. The summed E-state index contributed by atoms with van der Waals surface area (Å²) in [5.74, 6) is -0.188. The number of nitrogens with one attached hydrogen (secondary N) is 1. The number of hydrogen-bond donors (Lipinski definition) is 1. The van der Waals surface area contributed by atoms with E-state index in [0.717, 1.165) is 0 Å². The van der Waals surface area contributed by atoms with Crippen LogP contribution in [-0.2, 0) is 24.2 Å². The Morgan fingerprint density at radius 1 is 1.16 bits per heavy atom. The molecule has 0 spiro atoms. The molecule has 8 nitrogen and oxygen atoms in total. The lowest BCUT2D eigenvalue weighted by Gasteiger charge is -2.23. The van der Waals surface area contributed by atoms with Crippen LogP contribution in [0.3, 0.4) is 0 Å². The predicted molar refractivity (Wildman–Crippen MR) is 89.3 cm³/mol. The quantitative estimate of drug-likeness (QED) is 0.687. The molecule has 138 valence electrons. The van der Waals surface area contributed by atoms with Crippen molar-refractivity contribution in [1.82, 2.24) is 5.32 Å². The van der Waals surface area contributed by atoms with Crippen molar-refractivity contribution < 1.29 is 32.2 Å². The summed E-state index contributed by atoms with van der Waals surface area (Å²) in [5, 5.41) is 2.60. The van der Waals surface area contributed by atoms with E-state index in [1.807, 2.05) is 0 Å². The van der Waals surface area contributed by atoms with Gasteiger partial charge in [-0.1, -0.05) is 0 Å². The lowest BCUT2D eigenvalue weighted by molar-refractivity contribution is -0.150. The third kappa shape index (κ3) is 5.93. The molecule has 0 unspecified atom stereocenters. The summed E-state index contributed by atoms with van der Waals surface area (Å²) in [6, 6.07) is 6.65. The molecule has 1 aliphatic rings. The lowest BCUT2D eigenvalue weighted by Crippen LogP contribution is -2.48. The van der Waals surface area contributed by atoms with Gasteiger partial charge in [0.05, 0.1) is 24.2 Å². The number of sulfone groups is 1. The zero-order valence-corrected chi connectivity index (χ0v) is 14.9. The van der Waals surface area contributed by atoms with Gasteiger partial charge in [0.1, 0.15) is 11.5 Å². The molecule has 0 saturated carbocycles. The Kier molecular flexibility index (Phi) is 5.89. The van der Waals surface area contributed by atoms with Crippen molar-refractivity contribution in [2.75, 3.05) is 31.8 Å². The Morgan fingerprint density at radius 3 is 2.36 bits per heavy atom. The number of hydrogen-bond acceptors (Lipinski definition) is 7. The first kappa shape index (κ1) is 19.0. The highest BCUT2D eigenvalue weighted by molar-refractivity contribution is 7.91. The van der Waals surface area contributed by atoms with Gasteiger partial charge in [-0.25, -0.2) is 13.2 Å². The van der Waals surface area contributed by atoms with Gasteiger partial charge in [-0.2, -0.15) is 0 Å². The normalized spacial score (nSPS) is 21.4. The molecule has 1 aromatic rings. The lowest BCUT2D eigenvalue weighted by atomic mass is 10.0. The van der Waals surface area contributed by atoms with Crippen LogP contribution in [0.15, 0.2) is 24.3 Å². The molecule has 9 heteroatoms. The Labute approximate surface area is 146 Å². The van der Waals surface area contributed by atoms with Gasteiger partial charge < -0.3 is 19.5 Å². The van der Waals surface area contributed by atoms with Gasteiger partial charge in [0.25, 0.3) is 5.91 Å². The number of ether oxygens (including phenoxy) is 3. The van der Waals surface area contributed by atoms with Crippen LogP contribution in [0.2, 0.25) is 0 Å². The number of amides is 1. The zero-order valence-electron chi connectivity index (χ0n) is 14.1. The van der Waals surface area contributed by atoms with Gasteiger partial charge in [-0.05, 0) is 37.6 Å². The average molecular weight is 371 g/mol. The Hall–Kier alpha value is -2.29. The maximum atomic E-state index is 11.8. The van der Waals surface area contributed by atoms with Gasteiger partial charge in [0.15, 0.2) is 23.1 Å². The molecule has 0 aliphatic carbocycles. The monoisotopic (exact) mass is 371 g/mol. The molecule has 0 bridgehead atoms. The minimum Gasteiger partial charge on any atom is -0.497 e. The highest BCUT2D eigenvalue weighted by Gasteiger charge is 2.39. The molecule has 1 heterocycles. The summed E-state index contributed by atoms with van der Waals surface area (Å²) < 4.78 is 38.1. The molecule has 0 aromatic heterocycles. The van der Waals surface area contributed by atoms with Crippen molar-refractivity contribution in [3.05, 3.63) is 24.3 Å². The van der Waals surface area contributed by atoms with Crippen LogP contribution >= 0.6 is 0 Å². The second-order valence-corrected chi connectivity index (χ2v) is 8.26. The number of benzene rings is 1. The van der Waals surface area contributed by atoms with Gasteiger partial charge in [-0.15, -0.1) is 0 Å². The van der Waals surface area contributed by atoms with Crippen LogP contribution < -0.4 is 14.8 Å². The Morgan fingerprint density at radius 2 is 1.80 bits per heavy atom. The third-order valence-electron chi connectivity index (χ3n) is 3.72. The SMILES string of the molecule is COc1ccc(OCC(=O)OCC(=O)N[C@@]2(C)CCS(=O)(=O)C2)cc1. The number of carbonyl (C=O) groups excluding carboxylic acids is 2. The van der Waals surface area contributed by atoms with Crippen molar-refractivity contribution >= 4 is 21.7 Å². The van der Waals surface area contributed by atoms with E-state index in [2.05, 4.69) is 5.32 Å². The smallest absolute Gasteiger partial charge is 0.344 e. The van der Waals surface area contributed by atoms with Crippen LogP contribution in [0, 0.1) is 0 Å². The molecule has 1 N–H and O–H groups in total. The van der Waals surface area contributed by atoms with E-state index in [9.17, 15) is 18.0 Å². The molecule has 1 aliphatic heterocycles. The minimum atomic E-state index is -3.13. The number of rotatable bonds is 7. The van der Waals surface area contributed by atoms with Gasteiger partial charge in [0.2, 0.25) is 0 Å². The zero-order chi connectivity index (χ0) is 18.5. The minimum absolute atomic E-state index is 0.0409. The van der Waals surface area contributed by atoms with Crippen molar-refractivity contribution in [2.24, 2.45) is 0 Å². The fourth-order valence-electron chi connectivity index (χ4n) is 2.48. The van der Waals surface area contributed by atoms with E-state index in [-0.39, 0.29) is 18.1 Å². The number of methoxy groups -OCH3 is 1.